The van der Waals surface area contributed by atoms with Gasteiger partial charge in [-0.25, -0.2) is 4.39 Å². The molecule has 20 heavy (non-hydrogen) atoms. The van der Waals surface area contributed by atoms with Gasteiger partial charge in [0.25, 0.3) is 0 Å². The Morgan fingerprint density at radius 2 is 1.95 bits per heavy atom. The van der Waals surface area contributed by atoms with Gasteiger partial charge in [-0.2, -0.15) is 0 Å². The van der Waals surface area contributed by atoms with E-state index >= 15 is 0 Å². The number of ether oxygens (including phenoxy) is 1. The van der Waals surface area contributed by atoms with E-state index in [1.54, 1.807) is 12.1 Å². The van der Waals surface area contributed by atoms with E-state index in [1.807, 2.05) is 18.2 Å². The Morgan fingerprint density at radius 3 is 2.65 bits per heavy atom. The van der Waals surface area contributed by atoms with Crippen LogP contribution in [0, 0.1) is 5.82 Å². The maximum absolute atomic E-state index is 13.4. The number of halogens is 1. The number of para-hydroxylation sites is 1. The molecule has 0 radical (unpaired) electrons. The topological polar surface area (TPSA) is 58.6 Å². The molecule has 0 spiro atoms. The third-order valence-corrected chi connectivity index (χ3v) is 2.57. The Kier molecular flexibility index (Phi) is 4.55. The van der Waals surface area contributed by atoms with E-state index in [2.05, 4.69) is 5.32 Å². The molecule has 0 aliphatic carbocycles. The lowest BCUT2D eigenvalue weighted by atomic mass is 10.2. The van der Waals surface area contributed by atoms with E-state index in [0.29, 0.717) is 5.75 Å². The molecule has 104 valence electrons. The third-order valence-electron chi connectivity index (χ3n) is 2.57. The second-order valence-corrected chi connectivity index (χ2v) is 4.12. The number of carbonyl (C=O) groups excluding carboxylic acids is 1. The summed E-state index contributed by atoms with van der Waals surface area (Å²) in [6.07, 6.45) is 0.106. The average molecular weight is 275 g/mol. The summed E-state index contributed by atoms with van der Waals surface area (Å²) in [6.45, 7) is 0.204. The smallest absolute Gasteiger partial charge is 0.227 e. The van der Waals surface area contributed by atoms with E-state index < -0.39 is 5.82 Å². The van der Waals surface area contributed by atoms with Crippen molar-refractivity contribution in [3.8, 4) is 11.5 Å². The van der Waals surface area contributed by atoms with Crippen molar-refractivity contribution < 1.29 is 19.0 Å². The van der Waals surface area contributed by atoms with Crippen LogP contribution in [0.3, 0.4) is 0 Å². The lowest BCUT2D eigenvalue weighted by Crippen LogP contribution is -2.16. The molecule has 2 aromatic carbocycles. The molecule has 2 N–H and O–H groups in total. The molecule has 0 unspecified atom stereocenters. The maximum atomic E-state index is 13.4. The van der Waals surface area contributed by atoms with Crippen LogP contribution < -0.4 is 10.1 Å². The van der Waals surface area contributed by atoms with Crippen LogP contribution in [0.2, 0.25) is 0 Å². The number of phenolic OH excluding ortho intramolecular Hbond substituents is 1. The molecule has 0 aromatic heterocycles. The number of carbonyl (C=O) groups is 1. The first-order valence-electron chi connectivity index (χ1n) is 6.11. The number of hydrogen-bond donors (Lipinski definition) is 2. The summed E-state index contributed by atoms with van der Waals surface area (Å²) in [7, 11) is 0. The SMILES string of the molecule is O=C(CCOc1ccccc1)Nc1ccc(O)cc1F. The van der Waals surface area contributed by atoms with Crippen molar-refractivity contribution in [1.82, 2.24) is 0 Å². The van der Waals surface area contributed by atoms with E-state index in [4.69, 9.17) is 9.84 Å². The fraction of sp³-hybridized carbons (Fsp3) is 0.133. The van der Waals surface area contributed by atoms with E-state index in [9.17, 15) is 9.18 Å². The van der Waals surface area contributed by atoms with Crippen molar-refractivity contribution in [2.45, 2.75) is 6.42 Å². The molecule has 0 heterocycles. The van der Waals surface area contributed by atoms with E-state index in [-0.39, 0.29) is 30.4 Å². The number of phenols is 1. The highest BCUT2D eigenvalue weighted by Crippen LogP contribution is 2.19. The van der Waals surface area contributed by atoms with Crippen LogP contribution in [0.5, 0.6) is 11.5 Å². The Hall–Kier alpha value is -2.56. The minimum absolute atomic E-state index is 0.0347. The summed E-state index contributed by atoms with van der Waals surface area (Å²) in [4.78, 5) is 11.6. The first-order chi connectivity index (χ1) is 9.65. The highest BCUT2D eigenvalue weighted by atomic mass is 19.1. The predicted molar refractivity (Wildman–Crippen MR) is 73.2 cm³/mol. The zero-order valence-corrected chi connectivity index (χ0v) is 10.7. The normalized spacial score (nSPS) is 10.1. The number of amides is 1. The second kappa shape index (κ2) is 6.56. The van der Waals surface area contributed by atoms with E-state index in [1.165, 1.54) is 12.1 Å². The molecule has 0 atom stereocenters. The van der Waals surface area contributed by atoms with Crippen LogP contribution in [-0.2, 0) is 4.79 Å². The quantitative estimate of drug-likeness (QED) is 0.825. The van der Waals surface area contributed by atoms with Gasteiger partial charge in [0.1, 0.15) is 17.3 Å². The molecule has 0 aliphatic heterocycles. The van der Waals surface area contributed by atoms with Gasteiger partial charge in [-0.1, -0.05) is 18.2 Å². The minimum Gasteiger partial charge on any atom is -0.508 e. The van der Waals surface area contributed by atoms with Gasteiger partial charge in [-0.05, 0) is 24.3 Å². The lowest BCUT2D eigenvalue weighted by Gasteiger charge is -2.08. The van der Waals surface area contributed by atoms with Gasteiger partial charge in [0.2, 0.25) is 5.91 Å². The highest BCUT2D eigenvalue weighted by Gasteiger charge is 2.07. The molecular formula is C15H14FNO3. The summed E-state index contributed by atoms with van der Waals surface area (Å²) in [5.41, 5.74) is 0.0347. The Morgan fingerprint density at radius 1 is 1.20 bits per heavy atom. The molecule has 0 fully saturated rings. The van der Waals surface area contributed by atoms with Crippen LogP contribution in [0.1, 0.15) is 6.42 Å². The first-order valence-corrected chi connectivity index (χ1v) is 6.11. The van der Waals surface area contributed by atoms with Crippen molar-refractivity contribution in [3.63, 3.8) is 0 Å². The van der Waals surface area contributed by atoms with Gasteiger partial charge in [0, 0.05) is 6.07 Å². The van der Waals surface area contributed by atoms with Crippen molar-refractivity contribution in [3.05, 3.63) is 54.3 Å². The van der Waals surface area contributed by atoms with Crippen LogP contribution in [0.25, 0.3) is 0 Å². The summed E-state index contributed by atoms with van der Waals surface area (Å²) < 4.78 is 18.8. The Bertz CT molecular complexity index is 587. The van der Waals surface area contributed by atoms with Gasteiger partial charge >= 0.3 is 0 Å². The minimum atomic E-state index is -0.678. The first kappa shape index (κ1) is 13.9. The van der Waals surface area contributed by atoms with Crippen molar-refractivity contribution in [2.75, 3.05) is 11.9 Å². The number of hydrogen-bond acceptors (Lipinski definition) is 3. The molecule has 2 aromatic rings. The maximum Gasteiger partial charge on any atom is 0.227 e. The lowest BCUT2D eigenvalue weighted by molar-refractivity contribution is -0.116. The van der Waals surface area contributed by atoms with E-state index in [0.717, 1.165) is 6.07 Å². The number of nitrogens with one attached hydrogen (secondary N) is 1. The molecule has 0 bridgehead atoms. The molecule has 5 heteroatoms. The zero-order valence-electron chi connectivity index (χ0n) is 10.7. The van der Waals surface area contributed by atoms with Crippen molar-refractivity contribution in [2.24, 2.45) is 0 Å². The molecule has 0 saturated carbocycles. The molecule has 2 rings (SSSR count). The van der Waals surface area contributed by atoms with Gasteiger partial charge < -0.3 is 15.2 Å². The number of aromatic hydroxyl groups is 1. The van der Waals surface area contributed by atoms with Gasteiger partial charge in [0.05, 0.1) is 18.7 Å². The largest absolute Gasteiger partial charge is 0.508 e. The summed E-state index contributed by atoms with van der Waals surface area (Å²) in [6, 6.07) is 12.7. The monoisotopic (exact) mass is 275 g/mol. The fourth-order valence-corrected chi connectivity index (χ4v) is 1.60. The zero-order chi connectivity index (χ0) is 14.4. The van der Waals surface area contributed by atoms with Crippen LogP contribution in [-0.4, -0.2) is 17.6 Å². The second-order valence-electron chi connectivity index (χ2n) is 4.12. The van der Waals surface area contributed by atoms with Crippen LogP contribution >= 0.6 is 0 Å². The van der Waals surface area contributed by atoms with Gasteiger partial charge in [0.15, 0.2) is 0 Å². The standard InChI is InChI=1S/C15H14FNO3/c16-13-10-11(18)6-7-14(13)17-15(19)8-9-20-12-4-2-1-3-5-12/h1-7,10,18H,8-9H2,(H,17,19). The Labute approximate surface area is 115 Å². The van der Waals surface area contributed by atoms with Gasteiger partial charge in [-0.15, -0.1) is 0 Å². The number of benzene rings is 2. The molecular weight excluding hydrogens is 261 g/mol. The fourth-order valence-electron chi connectivity index (χ4n) is 1.60. The van der Waals surface area contributed by atoms with Crippen LogP contribution in [0.4, 0.5) is 10.1 Å². The van der Waals surface area contributed by atoms with Gasteiger partial charge in [-0.3, -0.25) is 4.79 Å². The van der Waals surface area contributed by atoms with Crippen molar-refractivity contribution >= 4 is 11.6 Å². The summed E-state index contributed by atoms with van der Waals surface area (Å²) in [5, 5.41) is 11.5. The average Bonchev–Trinajstić information content (AvgIpc) is 2.43. The molecule has 4 nitrogen and oxygen atoms in total. The summed E-state index contributed by atoms with van der Waals surface area (Å²) >= 11 is 0. The third kappa shape index (κ3) is 3.98. The predicted octanol–water partition coefficient (Wildman–Crippen LogP) is 2.94. The Balaban J connectivity index is 1.81. The number of anilines is 1. The molecule has 0 aliphatic rings. The van der Waals surface area contributed by atoms with Crippen molar-refractivity contribution in [1.29, 1.82) is 0 Å². The molecule has 0 saturated heterocycles. The highest BCUT2D eigenvalue weighted by molar-refractivity contribution is 5.90. The van der Waals surface area contributed by atoms with Crippen LogP contribution in [0.15, 0.2) is 48.5 Å². The summed E-state index contributed by atoms with van der Waals surface area (Å²) in [5.74, 6) is -0.545. The molecule has 1 amide bonds. The number of rotatable bonds is 5.